The van der Waals surface area contributed by atoms with Gasteiger partial charge in [0.25, 0.3) is 0 Å². The molecule has 0 bridgehead atoms. The van der Waals surface area contributed by atoms with E-state index in [0.717, 1.165) is 0 Å². The summed E-state index contributed by atoms with van der Waals surface area (Å²) in [6.07, 6.45) is -19.1. The normalized spacial score (nSPS) is 22.6. The van der Waals surface area contributed by atoms with Gasteiger partial charge in [-0.25, -0.2) is 28.8 Å². The van der Waals surface area contributed by atoms with Crippen molar-refractivity contribution in [3.8, 4) is 6.07 Å². The third-order valence-corrected chi connectivity index (χ3v) is 12.8. The van der Waals surface area contributed by atoms with Crippen molar-refractivity contribution in [1.29, 1.82) is 5.26 Å². The second-order valence-electron chi connectivity index (χ2n) is 18.1. The highest BCUT2D eigenvalue weighted by Gasteiger charge is 2.57. The topological polar surface area (TPSA) is 239 Å². The summed E-state index contributed by atoms with van der Waals surface area (Å²) in [7, 11) is 0. The molecule has 18 heteroatoms. The first kappa shape index (κ1) is 55.4. The summed E-state index contributed by atoms with van der Waals surface area (Å²) >= 11 is 0. The number of carbonyl (C=O) groups is 6. The van der Waals surface area contributed by atoms with E-state index in [-0.39, 0.29) is 33.4 Å². The molecule has 1 unspecified atom stereocenters. The van der Waals surface area contributed by atoms with Crippen LogP contribution in [-0.2, 0) is 47.4 Å². The number of ether oxygens (including phenoxy) is 10. The van der Waals surface area contributed by atoms with Crippen LogP contribution in [0.5, 0.6) is 0 Å². The van der Waals surface area contributed by atoms with E-state index in [1.54, 1.807) is 140 Å². The molecular weight excluding hydrogens is 1030 g/mol. The molecule has 18 nitrogen and oxygen atoms in total. The van der Waals surface area contributed by atoms with E-state index >= 15 is 0 Å². The molecule has 7 aromatic carbocycles. The molecule has 0 aliphatic carbocycles. The maximum atomic E-state index is 14.4. The summed E-state index contributed by atoms with van der Waals surface area (Å²) < 4.78 is 62.9. The summed E-state index contributed by atoms with van der Waals surface area (Å²) in [4.78, 5) is 85.1. The number of esters is 6. The fraction of sp³-hybridized carbons (Fsp3) is 0.210. The third-order valence-electron chi connectivity index (χ3n) is 12.8. The van der Waals surface area contributed by atoms with Gasteiger partial charge in [-0.1, -0.05) is 140 Å². The van der Waals surface area contributed by atoms with Crippen LogP contribution in [0.2, 0.25) is 0 Å². The SMILES string of the molecule is N#CC(O[C@@H]1O[C@H](CO[C@H]2O[C@H](CO)[C@@H](OC(=O)c3ccccc3)[C@H](OC(=O)c3ccccc3)[C@H]2OC(=O)c2ccccc2)[C@@H](OC(=O)c2ccccc2)[C@H](OC(=O)c2ccccc2)[C@H]1OC(=O)c1ccccc1)c1ccccc1. The molecule has 2 heterocycles. The summed E-state index contributed by atoms with van der Waals surface area (Å²) in [5, 5.41) is 21.7. The van der Waals surface area contributed by atoms with E-state index in [1.807, 2.05) is 0 Å². The van der Waals surface area contributed by atoms with Gasteiger partial charge >= 0.3 is 35.8 Å². The quantitative estimate of drug-likeness (QED) is 0.0595. The van der Waals surface area contributed by atoms with Crippen LogP contribution < -0.4 is 0 Å². The first-order valence-corrected chi connectivity index (χ1v) is 25.3. The number of nitrogens with zero attached hydrogens (tertiary/aromatic N) is 1. The van der Waals surface area contributed by atoms with Crippen LogP contribution in [0, 0.1) is 11.3 Å². The maximum absolute atomic E-state index is 14.4. The van der Waals surface area contributed by atoms with Crippen molar-refractivity contribution in [2.24, 2.45) is 0 Å². The molecule has 9 rings (SSSR count). The Labute approximate surface area is 458 Å². The average molecular weight is 1080 g/mol. The van der Waals surface area contributed by atoms with Crippen LogP contribution in [0.1, 0.15) is 73.8 Å². The first-order chi connectivity index (χ1) is 39.1. The second-order valence-corrected chi connectivity index (χ2v) is 18.1. The monoisotopic (exact) mass is 1080 g/mol. The van der Waals surface area contributed by atoms with Gasteiger partial charge in [-0.15, -0.1) is 0 Å². The number of hydrogen-bond acceptors (Lipinski definition) is 18. The van der Waals surface area contributed by atoms with Crippen LogP contribution in [-0.4, -0.2) is 116 Å². The highest BCUT2D eigenvalue weighted by atomic mass is 16.8. The van der Waals surface area contributed by atoms with Crippen molar-refractivity contribution < 1.29 is 81.2 Å². The zero-order valence-electron chi connectivity index (χ0n) is 42.4. The van der Waals surface area contributed by atoms with Gasteiger partial charge in [0, 0.05) is 0 Å². The lowest BCUT2D eigenvalue weighted by atomic mass is 9.96. The Morgan fingerprint density at radius 2 is 0.662 bits per heavy atom. The minimum Gasteiger partial charge on any atom is -0.452 e. The van der Waals surface area contributed by atoms with E-state index in [4.69, 9.17) is 47.4 Å². The first-order valence-electron chi connectivity index (χ1n) is 25.3. The Morgan fingerprint density at radius 1 is 0.388 bits per heavy atom. The lowest BCUT2D eigenvalue weighted by Gasteiger charge is -2.46. The summed E-state index contributed by atoms with van der Waals surface area (Å²) in [6.45, 7) is -1.68. The molecule has 0 amide bonds. The molecule has 11 atom stereocenters. The molecule has 0 spiro atoms. The van der Waals surface area contributed by atoms with E-state index in [1.165, 1.54) is 72.8 Å². The van der Waals surface area contributed by atoms with E-state index in [2.05, 4.69) is 6.07 Å². The van der Waals surface area contributed by atoms with Crippen molar-refractivity contribution in [2.45, 2.75) is 67.5 Å². The third kappa shape index (κ3) is 13.7. The van der Waals surface area contributed by atoms with Crippen LogP contribution in [0.15, 0.2) is 212 Å². The zero-order chi connectivity index (χ0) is 55.8. The Kier molecular flexibility index (Phi) is 18.6. The Morgan fingerprint density at radius 3 is 0.988 bits per heavy atom. The summed E-state index contributed by atoms with van der Waals surface area (Å²) in [6, 6.07) is 57.0. The number of aliphatic hydroxyl groups is 1. The molecular formula is C62H51NO17. The number of rotatable bonds is 19. The van der Waals surface area contributed by atoms with Crippen molar-refractivity contribution in [2.75, 3.05) is 13.2 Å². The predicted molar refractivity (Wildman–Crippen MR) is 280 cm³/mol. The molecule has 2 aliphatic heterocycles. The van der Waals surface area contributed by atoms with E-state index in [9.17, 15) is 39.1 Å². The minimum absolute atomic E-state index is 0.0367. The van der Waals surface area contributed by atoms with Gasteiger partial charge in [0.15, 0.2) is 49.0 Å². The molecule has 7 aromatic rings. The molecule has 0 radical (unpaired) electrons. The minimum atomic E-state index is -1.87. The van der Waals surface area contributed by atoms with Crippen molar-refractivity contribution in [1.82, 2.24) is 0 Å². The van der Waals surface area contributed by atoms with Crippen LogP contribution in [0.25, 0.3) is 0 Å². The fourth-order valence-corrected chi connectivity index (χ4v) is 8.82. The van der Waals surface area contributed by atoms with Crippen molar-refractivity contribution >= 4 is 35.8 Å². The molecule has 2 saturated heterocycles. The van der Waals surface area contributed by atoms with Crippen molar-refractivity contribution in [3.05, 3.63) is 251 Å². The second kappa shape index (κ2) is 26.8. The van der Waals surface area contributed by atoms with Gasteiger partial charge in [-0.05, 0) is 78.4 Å². The molecule has 0 aromatic heterocycles. The molecule has 80 heavy (non-hydrogen) atoms. The average Bonchev–Trinajstić information content (AvgIpc) is 3.52. The fourth-order valence-electron chi connectivity index (χ4n) is 8.82. The predicted octanol–water partition coefficient (Wildman–Crippen LogP) is 8.08. The molecule has 406 valence electrons. The lowest BCUT2D eigenvalue weighted by molar-refractivity contribution is -0.331. The van der Waals surface area contributed by atoms with Gasteiger partial charge in [0.2, 0.25) is 6.29 Å². The maximum Gasteiger partial charge on any atom is 0.338 e. The van der Waals surface area contributed by atoms with Gasteiger partial charge < -0.3 is 52.5 Å². The molecule has 2 aliphatic rings. The molecule has 1 N–H and O–H groups in total. The highest BCUT2D eigenvalue weighted by molar-refractivity contribution is 5.92. The van der Waals surface area contributed by atoms with Gasteiger partial charge in [-0.2, -0.15) is 5.26 Å². The Hall–Kier alpha value is -9.35. The van der Waals surface area contributed by atoms with Gasteiger partial charge in [0.05, 0.1) is 52.7 Å². The number of carbonyl (C=O) groups excluding carboxylic acids is 6. The smallest absolute Gasteiger partial charge is 0.338 e. The largest absolute Gasteiger partial charge is 0.452 e. The van der Waals surface area contributed by atoms with E-state index in [0.29, 0.717) is 5.56 Å². The lowest BCUT2D eigenvalue weighted by Crippen LogP contribution is -2.65. The number of nitriles is 1. The highest BCUT2D eigenvalue weighted by Crippen LogP contribution is 2.36. The van der Waals surface area contributed by atoms with E-state index < -0.39 is 117 Å². The summed E-state index contributed by atoms with van der Waals surface area (Å²) in [5.41, 5.74) is 0.652. The number of hydrogen-bond donors (Lipinski definition) is 1. The molecule has 2 fully saturated rings. The number of aliphatic hydroxyl groups excluding tert-OH is 1. The Bertz CT molecular complexity index is 3220. The Balaban J connectivity index is 1.15. The van der Waals surface area contributed by atoms with Crippen LogP contribution in [0.4, 0.5) is 0 Å². The molecule has 0 saturated carbocycles. The van der Waals surface area contributed by atoms with Crippen LogP contribution >= 0.6 is 0 Å². The van der Waals surface area contributed by atoms with Gasteiger partial charge in [-0.3, -0.25) is 0 Å². The van der Waals surface area contributed by atoms with Crippen LogP contribution in [0.3, 0.4) is 0 Å². The standard InChI is InChI=1S/C62H51NO17/c63-36-46(39-22-8-1-9-23-39)72-62-54(80-60(70)45-34-20-7-21-35-45)52(78-58(68)43-30-16-5-17-31-43)50(76-56(66)41-26-12-3-13-27-41)48(74-62)38-71-61-53(79-59(69)44-32-18-6-19-33-44)51(77-57(67)42-28-14-4-15-29-42)49(47(37-64)73-61)75-55(65)40-24-10-2-11-25-40/h1-35,46-54,61-62,64H,37-38H2/t46?,47-,48-,49-,50-,51+,52+,53-,54-,61+,62-/m1/s1. The summed E-state index contributed by atoms with van der Waals surface area (Å²) in [5.74, 6) is -5.72. The van der Waals surface area contributed by atoms with Crippen molar-refractivity contribution in [3.63, 3.8) is 0 Å². The van der Waals surface area contributed by atoms with Gasteiger partial charge in [0.1, 0.15) is 12.2 Å². The zero-order valence-corrected chi connectivity index (χ0v) is 42.4. The number of benzene rings is 7.